The van der Waals surface area contributed by atoms with Crippen molar-refractivity contribution in [1.29, 1.82) is 0 Å². The van der Waals surface area contributed by atoms with E-state index in [1.807, 2.05) is 26.0 Å². The quantitative estimate of drug-likeness (QED) is 0.661. The molecular formula is C16H22N2O2. The normalized spacial score (nSPS) is 14.3. The van der Waals surface area contributed by atoms with Gasteiger partial charge in [0.15, 0.2) is 0 Å². The smallest absolute Gasteiger partial charge is 0.299 e. The average molecular weight is 274 g/mol. The summed E-state index contributed by atoms with van der Waals surface area (Å²) in [6.07, 6.45) is 0.837. The maximum Gasteiger partial charge on any atom is 0.299 e. The van der Waals surface area contributed by atoms with Crippen LogP contribution in [0.25, 0.3) is 0 Å². The van der Waals surface area contributed by atoms with Crippen LogP contribution in [0.1, 0.15) is 41.8 Å². The van der Waals surface area contributed by atoms with E-state index >= 15 is 0 Å². The summed E-state index contributed by atoms with van der Waals surface area (Å²) in [5.74, 6) is -0.757. The minimum atomic E-state index is -0.391. The van der Waals surface area contributed by atoms with Crippen molar-refractivity contribution in [1.82, 2.24) is 5.32 Å². The van der Waals surface area contributed by atoms with Crippen LogP contribution in [0.3, 0.4) is 0 Å². The van der Waals surface area contributed by atoms with E-state index in [0.717, 1.165) is 29.8 Å². The van der Waals surface area contributed by atoms with E-state index in [2.05, 4.69) is 19.2 Å². The summed E-state index contributed by atoms with van der Waals surface area (Å²) in [7, 11) is 0. The van der Waals surface area contributed by atoms with E-state index in [9.17, 15) is 9.59 Å². The molecule has 1 aliphatic rings. The summed E-state index contributed by atoms with van der Waals surface area (Å²) in [5.41, 5.74) is 3.33. The number of hydrogen-bond acceptors (Lipinski definition) is 3. The highest BCUT2D eigenvalue weighted by Gasteiger charge is 2.36. The Bertz CT molecular complexity index is 550. The summed E-state index contributed by atoms with van der Waals surface area (Å²) in [6.45, 7) is 9.48. The van der Waals surface area contributed by atoms with Gasteiger partial charge in [-0.25, -0.2) is 0 Å². The first kappa shape index (κ1) is 14.7. The van der Waals surface area contributed by atoms with E-state index < -0.39 is 5.91 Å². The lowest BCUT2D eigenvalue weighted by Gasteiger charge is -2.18. The first-order chi connectivity index (χ1) is 9.41. The summed E-state index contributed by atoms with van der Waals surface area (Å²) in [4.78, 5) is 25.8. The fourth-order valence-electron chi connectivity index (χ4n) is 2.64. The molecule has 0 aliphatic carbocycles. The lowest BCUT2D eigenvalue weighted by atomic mass is 10.0. The first-order valence-electron chi connectivity index (χ1n) is 7.12. The van der Waals surface area contributed by atoms with E-state index in [-0.39, 0.29) is 5.78 Å². The van der Waals surface area contributed by atoms with Crippen molar-refractivity contribution >= 4 is 17.4 Å². The third kappa shape index (κ3) is 2.75. The maximum atomic E-state index is 12.1. The summed E-state index contributed by atoms with van der Waals surface area (Å²) < 4.78 is 0. The minimum Gasteiger partial charge on any atom is -0.314 e. The molecule has 4 nitrogen and oxygen atoms in total. The van der Waals surface area contributed by atoms with Crippen molar-refractivity contribution < 1.29 is 9.59 Å². The second kappa shape index (κ2) is 5.75. The van der Waals surface area contributed by atoms with Crippen LogP contribution < -0.4 is 10.2 Å². The predicted molar refractivity (Wildman–Crippen MR) is 80.4 cm³/mol. The zero-order valence-corrected chi connectivity index (χ0v) is 12.6. The molecule has 0 atom stereocenters. The van der Waals surface area contributed by atoms with Crippen molar-refractivity contribution in [2.75, 3.05) is 18.0 Å². The number of carbonyl (C=O) groups excluding carboxylic acids is 2. The van der Waals surface area contributed by atoms with Crippen LogP contribution in [0, 0.1) is 13.8 Å². The molecule has 1 aromatic rings. The highest BCUT2D eigenvalue weighted by molar-refractivity contribution is 6.52. The van der Waals surface area contributed by atoms with E-state index in [1.165, 1.54) is 0 Å². The van der Waals surface area contributed by atoms with Gasteiger partial charge in [-0.1, -0.05) is 19.9 Å². The van der Waals surface area contributed by atoms with Gasteiger partial charge in [-0.2, -0.15) is 0 Å². The topological polar surface area (TPSA) is 49.4 Å². The van der Waals surface area contributed by atoms with Crippen molar-refractivity contribution in [3.63, 3.8) is 0 Å². The van der Waals surface area contributed by atoms with Gasteiger partial charge in [-0.05, 0) is 44.0 Å². The molecule has 2 rings (SSSR count). The number of amides is 1. The number of carbonyl (C=O) groups is 2. The number of anilines is 1. The molecule has 0 radical (unpaired) electrons. The summed E-state index contributed by atoms with van der Waals surface area (Å²) in [5, 5.41) is 3.32. The van der Waals surface area contributed by atoms with Gasteiger partial charge in [0.2, 0.25) is 0 Å². The molecule has 0 saturated heterocycles. The van der Waals surface area contributed by atoms with Crippen LogP contribution in [0.2, 0.25) is 0 Å². The SMILES string of the molecule is Cc1cc(C)c2c(c1)N(CCCNC(C)C)C(=O)C2=O. The predicted octanol–water partition coefficient (Wildman–Crippen LogP) is 2.22. The van der Waals surface area contributed by atoms with Crippen LogP contribution in [0.5, 0.6) is 0 Å². The van der Waals surface area contributed by atoms with Gasteiger partial charge in [-0.15, -0.1) is 0 Å². The molecule has 108 valence electrons. The minimum absolute atomic E-state index is 0.366. The largest absolute Gasteiger partial charge is 0.314 e. The lowest BCUT2D eigenvalue weighted by molar-refractivity contribution is -0.114. The number of aryl methyl sites for hydroxylation is 2. The molecule has 1 N–H and O–H groups in total. The number of nitrogens with zero attached hydrogens (tertiary/aromatic N) is 1. The Morgan fingerprint density at radius 1 is 1.20 bits per heavy atom. The molecule has 0 bridgehead atoms. The molecule has 0 saturated carbocycles. The van der Waals surface area contributed by atoms with Crippen LogP contribution in [0.15, 0.2) is 12.1 Å². The molecule has 0 aromatic heterocycles. The van der Waals surface area contributed by atoms with Gasteiger partial charge in [0.1, 0.15) is 0 Å². The Morgan fingerprint density at radius 2 is 1.90 bits per heavy atom. The third-order valence-corrected chi connectivity index (χ3v) is 3.53. The van der Waals surface area contributed by atoms with E-state index in [0.29, 0.717) is 18.2 Å². The summed E-state index contributed by atoms with van der Waals surface area (Å²) >= 11 is 0. The van der Waals surface area contributed by atoms with Crippen LogP contribution in [-0.4, -0.2) is 30.8 Å². The number of hydrogen-bond donors (Lipinski definition) is 1. The molecule has 1 heterocycles. The van der Waals surface area contributed by atoms with Crippen molar-refractivity contribution in [2.24, 2.45) is 0 Å². The molecule has 1 amide bonds. The lowest BCUT2D eigenvalue weighted by Crippen LogP contribution is -2.33. The molecular weight excluding hydrogens is 252 g/mol. The zero-order valence-electron chi connectivity index (χ0n) is 12.6. The molecule has 1 aromatic carbocycles. The van der Waals surface area contributed by atoms with Crippen molar-refractivity contribution in [2.45, 2.75) is 40.2 Å². The fraction of sp³-hybridized carbons (Fsp3) is 0.500. The molecule has 20 heavy (non-hydrogen) atoms. The van der Waals surface area contributed by atoms with Crippen molar-refractivity contribution in [3.05, 3.63) is 28.8 Å². The van der Waals surface area contributed by atoms with Crippen molar-refractivity contribution in [3.8, 4) is 0 Å². The van der Waals surface area contributed by atoms with Gasteiger partial charge in [0.05, 0.1) is 11.3 Å². The number of Topliss-reactive ketones (excluding diaryl/α,β-unsaturated/α-hetero) is 1. The Labute approximate surface area is 120 Å². The molecule has 0 unspecified atom stereocenters. The average Bonchev–Trinajstić information content (AvgIpc) is 2.58. The first-order valence-corrected chi connectivity index (χ1v) is 7.12. The monoisotopic (exact) mass is 274 g/mol. The highest BCUT2D eigenvalue weighted by atomic mass is 16.2. The van der Waals surface area contributed by atoms with Gasteiger partial charge in [-0.3, -0.25) is 9.59 Å². The Balaban J connectivity index is 2.16. The standard InChI is InChI=1S/C16H22N2O2/c1-10(2)17-6-5-7-18-13-9-11(3)8-12(4)14(13)15(19)16(18)20/h8-10,17H,5-7H2,1-4H3. The Kier molecular flexibility index (Phi) is 4.23. The molecule has 1 aliphatic heterocycles. The van der Waals surface area contributed by atoms with E-state index in [1.54, 1.807) is 4.90 Å². The number of rotatable bonds is 5. The number of nitrogens with one attached hydrogen (secondary N) is 1. The van der Waals surface area contributed by atoms with Crippen LogP contribution in [0.4, 0.5) is 5.69 Å². The van der Waals surface area contributed by atoms with Crippen LogP contribution >= 0.6 is 0 Å². The number of benzene rings is 1. The molecule has 0 fully saturated rings. The molecule has 0 spiro atoms. The Hall–Kier alpha value is -1.68. The van der Waals surface area contributed by atoms with Gasteiger partial charge in [0.25, 0.3) is 11.7 Å². The molecule has 4 heteroatoms. The highest BCUT2D eigenvalue weighted by Crippen LogP contribution is 2.32. The second-order valence-electron chi connectivity index (χ2n) is 5.72. The van der Waals surface area contributed by atoms with Gasteiger partial charge < -0.3 is 10.2 Å². The Morgan fingerprint density at radius 3 is 2.55 bits per heavy atom. The summed E-state index contributed by atoms with van der Waals surface area (Å²) in [6, 6.07) is 4.32. The third-order valence-electron chi connectivity index (χ3n) is 3.53. The second-order valence-corrected chi connectivity index (χ2v) is 5.72. The fourth-order valence-corrected chi connectivity index (χ4v) is 2.64. The number of ketones is 1. The van der Waals surface area contributed by atoms with Gasteiger partial charge >= 0.3 is 0 Å². The van der Waals surface area contributed by atoms with Crippen LogP contribution in [-0.2, 0) is 4.79 Å². The maximum absolute atomic E-state index is 12.1. The van der Waals surface area contributed by atoms with E-state index in [4.69, 9.17) is 0 Å². The van der Waals surface area contributed by atoms with Gasteiger partial charge in [0, 0.05) is 12.6 Å². The number of fused-ring (bicyclic) bond motifs is 1. The zero-order chi connectivity index (χ0) is 14.9.